The van der Waals surface area contributed by atoms with Crippen LogP contribution in [0, 0.1) is 26.2 Å². The third-order valence-electron chi connectivity index (χ3n) is 1.48. The molecule has 12 heavy (non-hydrogen) atoms. The van der Waals surface area contributed by atoms with Crippen molar-refractivity contribution in [3.63, 3.8) is 0 Å². The van der Waals surface area contributed by atoms with E-state index in [1.807, 2.05) is 24.3 Å². The van der Waals surface area contributed by atoms with Crippen molar-refractivity contribution in [3.05, 3.63) is 32.9 Å². The first kappa shape index (κ1) is 9.02. The maximum atomic E-state index is 8.76. The molecule has 1 aromatic rings. The van der Waals surface area contributed by atoms with Crippen molar-refractivity contribution in [1.29, 1.82) is 10.5 Å². The van der Waals surface area contributed by atoms with Crippen LogP contribution in [0.15, 0.2) is 18.2 Å². The number of benzene rings is 1. The SMILES string of the molecule is N#CCc1cccc(I)c1C#N. The van der Waals surface area contributed by atoms with Crippen LogP contribution in [0.3, 0.4) is 0 Å². The van der Waals surface area contributed by atoms with Gasteiger partial charge in [-0.1, -0.05) is 12.1 Å². The molecule has 0 amide bonds. The van der Waals surface area contributed by atoms with Crippen molar-refractivity contribution >= 4 is 22.6 Å². The molecule has 0 spiro atoms. The van der Waals surface area contributed by atoms with Gasteiger partial charge in [-0.3, -0.25) is 0 Å². The Bertz CT molecular complexity index is 371. The van der Waals surface area contributed by atoms with Crippen LogP contribution in [0.1, 0.15) is 11.1 Å². The molecule has 0 saturated heterocycles. The Morgan fingerprint density at radius 3 is 2.67 bits per heavy atom. The van der Waals surface area contributed by atoms with Gasteiger partial charge in [-0.25, -0.2) is 0 Å². The second kappa shape index (κ2) is 4.08. The lowest BCUT2D eigenvalue weighted by molar-refractivity contribution is 1.23. The fraction of sp³-hybridized carbons (Fsp3) is 0.111. The number of nitrogens with zero attached hydrogens (tertiary/aromatic N) is 2. The smallest absolute Gasteiger partial charge is 0.101 e. The topological polar surface area (TPSA) is 47.6 Å². The minimum absolute atomic E-state index is 0.305. The van der Waals surface area contributed by atoms with Gasteiger partial charge >= 0.3 is 0 Å². The third kappa shape index (κ3) is 1.75. The summed E-state index contributed by atoms with van der Waals surface area (Å²) < 4.78 is 0.905. The van der Waals surface area contributed by atoms with Gasteiger partial charge in [-0.15, -0.1) is 0 Å². The van der Waals surface area contributed by atoms with Crippen molar-refractivity contribution < 1.29 is 0 Å². The first-order valence-corrected chi connectivity index (χ1v) is 4.42. The van der Waals surface area contributed by atoms with E-state index in [0.29, 0.717) is 12.0 Å². The summed E-state index contributed by atoms with van der Waals surface area (Å²) in [5, 5.41) is 17.2. The maximum absolute atomic E-state index is 8.76. The lowest BCUT2D eigenvalue weighted by Crippen LogP contribution is -1.90. The van der Waals surface area contributed by atoms with Crippen molar-refractivity contribution in [2.24, 2.45) is 0 Å². The van der Waals surface area contributed by atoms with Crippen LogP contribution in [-0.4, -0.2) is 0 Å². The molecule has 0 saturated carbocycles. The van der Waals surface area contributed by atoms with E-state index in [1.165, 1.54) is 0 Å². The highest BCUT2D eigenvalue weighted by molar-refractivity contribution is 14.1. The summed E-state index contributed by atoms with van der Waals surface area (Å²) in [6, 6.07) is 9.65. The zero-order valence-corrected chi connectivity index (χ0v) is 8.37. The molecule has 1 rings (SSSR count). The molecule has 0 N–H and O–H groups in total. The van der Waals surface area contributed by atoms with E-state index in [9.17, 15) is 0 Å². The zero-order chi connectivity index (χ0) is 8.97. The highest BCUT2D eigenvalue weighted by Crippen LogP contribution is 2.15. The molecule has 0 aliphatic heterocycles. The Hall–Kier alpha value is -1.07. The van der Waals surface area contributed by atoms with E-state index in [4.69, 9.17) is 10.5 Å². The third-order valence-corrected chi connectivity index (χ3v) is 2.38. The largest absolute Gasteiger partial charge is 0.198 e. The number of hydrogen-bond donors (Lipinski definition) is 0. The van der Waals surface area contributed by atoms with Crippen LogP contribution in [0.5, 0.6) is 0 Å². The molecule has 0 atom stereocenters. The van der Waals surface area contributed by atoms with Gasteiger partial charge in [-0.2, -0.15) is 10.5 Å². The van der Waals surface area contributed by atoms with Crippen LogP contribution in [-0.2, 0) is 6.42 Å². The Balaban J connectivity index is 3.23. The number of hydrogen-bond acceptors (Lipinski definition) is 2. The maximum Gasteiger partial charge on any atom is 0.101 e. The van der Waals surface area contributed by atoms with Gasteiger partial charge in [0.2, 0.25) is 0 Å². The monoisotopic (exact) mass is 268 g/mol. The summed E-state index contributed by atoms with van der Waals surface area (Å²) in [5.74, 6) is 0. The molecule has 3 heteroatoms. The Labute approximate surface area is 84.6 Å². The minimum Gasteiger partial charge on any atom is -0.198 e. The van der Waals surface area contributed by atoms with Crippen molar-refractivity contribution in [2.75, 3.05) is 0 Å². The Kier molecular flexibility index (Phi) is 3.07. The molecule has 0 aromatic heterocycles. The second-order valence-corrected chi connectivity index (χ2v) is 3.38. The Morgan fingerprint density at radius 1 is 1.33 bits per heavy atom. The van der Waals surface area contributed by atoms with E-state index < -0.39 is 0 Å². The summed E-state index contributed by atoms with van der Waals surface area (Å²) in [4.78, 5) is 0. The molecule has 0 bridgehead atoms. The predicted molar refractivity (Wildman–Crippen MR) is 53.2 cm³/mol. The lowest BCUT2D eigenvalue weighted by Gasteiger charge is -1.99. The highest BCUT2D eigenvalue weighted by atomic mass is 127. The van der Waals surface area contributed by atoms with Crippen LogP contribution in [0.4, 0.5) is 0 Å². The summed E-state index contributed by atoms with van der Waals surface area (Å²) in [6.07, 6.45) is 0.305. The predicted octanol–water partition coefficient (Wildman–Crippen LogP) is 2.23. The van der Waals surface area contributed by atoms with Crippen molar-refractivity contribution in [3.8, 4) is 12.1 Å². The average molecular weight is 268 g/mol. The molecule has 0 fully saturated rings. The fourth-order valence-corrected chi connectivity index (χ4v) is 1.60. The molecule has 0 heterocycles. The van der Waals surface area contributed by atoms with Gasteiger partial charge in [-0.05, 0) is 34.2 Å². The average Bonchev–Trinajstić information content (AvgIpc) is 2.05. The summed E-state index contributed by atoms with van der Waals surface area (Å²) in [6.45, 7) is 0. The van der Waals surface area contributed by atoms with Gasteiger partial charge in [0.25, 0.3) is 0 Å². The number of nitriles is 2. The first-order chi connectivity index (χ1) is 5.79. The lowest BCUT2D eigenvalue weighted by atomic mass is 10.1. The Morgan fingerprint density at radius 2 is 2.08 bits per heavy atom. The van der Waals surface area contributed by atoms with E-state index in [0.717, 1.165) is 9.13 Å². The molecule has 1 aromatic carbocycles. The molecule has 2 nitrogen and oxygen atoms in total. The normalized spacial score (nSPS) is 8.58. The molecule has 0 aliphatic carbocycles. The van der Waals surface area contributed by atoms with Gasteiger partial charge in [0.1, 0.15) is 6.07 Å². The minimum atomic E-state index is 0.305. The van der Waals surface area contributed by atoms with Crippen LogP contribution in [0.25, 0.3) is 0 Å². The second-order valence-electron chi connectivity index (χ2n) is 2.22. The molecular weight excluding hydrogens is 263 g/mol. The molecular formula is C9H5IN2. The first-order valence-electron chi connectivity index (χ1n) is 3.34. The van der Waals surface area contributed by atoms with Gasteiger partial charge in [0.15, 0.2) is 0 Å². The standard InChI is InChI=1S/C9H5IN2/c10-9-3-1-2-7(4-5-11)8(9)6-12/h1-3H,4H2. The van der Waals surface area contributed by atoms with Crippen molar-refractivity contribution in [2.45, 2.75) is 6.42 Å². The van der Waals surface area contributed by atoms with Crippen LogP contribution >= 0.6 is 22.6 Å². The van der Waals surface area contributed by atoms with Crippen LogP contribution < -0.4 is 0 Å². The van der Waals surface area contributed by atoms with E-state index in [2.05, 4.69) is 28.7 Å². The summed E-state index contributed by atoms with van der Waals surface area (Å²) >= 11 is 2.09. The highest BCUT2D eigenvalue weighted by Gasteiger charge is 2.03. The quantitative estimate of drug-likeness (QED) is 0.733. The number of rotatable bonds is 1. The molecule has 58 valence electrons. The van der Waals surface area contributed by atoms with Gasteiger partial charge in [0.05, 0.1) is 18.1 Å². The fourth-order valence-electron chi connectivity index (χ4n) is 0.926. The van der Waals surface area contributed by atoms with Crippen LogP contribution in [0.2, 0.25) is 0 Å². The van der Waals surface area contributed by atoms with Gasteiger partial charge < -0.3 is 0 Å². The summed E-state index contributed by atoms with van der Waals surface area (Å²) in [7, 11) is 0. The molecule has 0 unspecified atom stereocenters. The van der Waals surface area contributed by atoms with E-state index in [1.54, 1.807) is 0 Å². The molecule has 0 radical (unpaired) electrons. The molecule has 0 aliphatic rings. The van der Waals surface area contributed by atoms with Crippen molar-refractivity contribution in [1.82, 2.24) is 0 Å². The zero-order valence-electron chi connectivity index (χ0n) is 6.21. The number of halogens is 1. The summed E-state index contributed by atoms with van der Waals surface area (Å²) in [5.41, 5.74) is 1.44. The van der Waals surface area contributed by atoms with E-state index in [-0.39, 0.29) is 0 Å². The van der Waals surface area contributed by atoms with E-state index >= 15 is 0 Å². The van der Waals surface area contributed by atoms with Gasteiger partial charge in [0, 0.05) is 3.57 Å².